The van der Waals surface area contributed by atoms with Crippen LogP contribution in [0.2, 0.25) is 0 Å². The van der Waals surface area contributed by atoms with E-state index in [-0.39, 0.29) is 40.7 Å². The van der Waals surface area contributed by atoms with E-state index in [9.17, 15) is 5.48 Å². The Morgan fingerprint density at radius 1 is 0.507 bits per heavy atom. The summed E-state index contributed by atoms with van der Waals surface area (Å²) in [6, 6.07) is 45.3. The number of rotatable bonds is 6. The Morgan fingerprint density at radius 3 is 1.95 bits per heavy atom. The summed E-state index contributed by atoms with van der Waals surface area (Å²) in [5, 5.41) is 2.12. The van der Waals surface area contributed by atoms with Gasteiger partial charge in [0.25, 0.3) is 6.33 Å². The van der Waals surface area contributed by atoms with Crippen molar-refractivity contribution in [1.82, 2.24) is 14.1 Å². The van der Waals surface area contributed by atoms with Gasteiger partial charge in [-0.1, -0.05) is 193 Å². The molecule has 0 aliphatic carbocycles. The molecule has 0 saturated carbocycles. The summed E-state index contributed by atoms with van der Waals surface area (Å²) in [4.78, 5) is 4.89. The van der Waals surface area contributed by atoms with Gasteiger partial charge >= 0.3 is 0 Å². The maximum Gasteiger partial charge on any atom is 0.269 e. The average Bonchev–Trinajstić information content (AvgIpc) is 1.87. The smallest absolute Gasteiger partial charge is 0.269 e. The molecule has 352 valence electrons. The van der Waals surface area contributed by atoms with E-state index in [0.717, 1.165) is 55.4 Å². The van der Waals surface area contributed by atoms with Crippen LogP contribution in [0.3, 0.4) is 0 Å². The second-order valence-electron chi connectivity index (χ2n) is 20.7. The highest BCUT2D eigenvalue weighted by atomic mass is 16.5. The van der Waals surface area contributed by atoms with E-state index in [0.29, 0.717) is 61.7 Å². The quantitative estimate of drug-likeness (QED) is 0.123. The van der Waals surface area contributed by atoms with E-state index in [1.807, 2.05) is 131 Å². The van der Waals surface area contributed by atoms with Gasteiger partial charge in [-0.05, 0) is 132 Å². The molecule has 0 unspecified atom stereocenters. The molecule has 9 aromatic carbocycles. The van der Waals surface area contributed by atoms with Crippen LogP contribution in [0.5, 0.6) is 11.5 Å². The van der Waals surface area contributed by atoms with Crippen molar-refractivity contribution < 1.29 is 23.0 Å². The summed E-state index contributed by atoms with van der Waals surface area (Å²) < 4.78 is 103. The third kappa shape index (κ3) is 7.45. The minimum atomic E-state index is -0.521. The Hall–Kier alpha value is -8.80. The molecular formula is C68H54N4O. The first-order valence-electron chi connectivity index (χ1n) is 29.5. The van der Waals surface area contributed by atoms with Crippen LogP contribution in [-0.2, 0) is 10.8 Å². The molecular weight excluding hydrogens is 889 g/mol. The normalized spacial score (nSPS) is 14.2. The Kier molecular flexibility index (Phi) is 8.00. The third-order valence-electron chi connectivity index (χ3n) is 14.0. The van der Waals surface area contributed by atoms with E-state index < -0.39 is 41.7 Å². The molecule has 13 rings (SSSR count). The van der Waals surface area contributed by atoms with Crippen molar-refractivity contribution in [3.63, 3.8) is 0 Å². The molecule has 0 saturated heterocycles. The lowest BCUT2D eigenvalue weighted by atomic mass is 9.80. The number of imidazole rings is 1. The molecule has 0 bridgehead atoms. The van der Waals surface area contributed by atoms with Gasteiger partial charge in [0.15, 0.2) is 0 Å². The number of benzene rings is 9. The Labute approximate surface area is 440 Å². The molecule has 0 atom stereocenters. The molecule has 0 spiro atoms. The Bertz CT molecular complexity index is 4700. The number of ether oxygens (including phenoxy) is 1. The lowest BCUT2D eigenvalue weighted by molar-refractivity contribution is -0.572. The summed E-state index contributed by atoms with van der Waals surface area (Å²) in [5.41, 5.74) is 11.0. The van der Waals surface area contributed by atoms with Gasteiger partial charge in [0.1, 0.15) is 17.3 Å². The highest BCUT2D eigenvalue weighted by Gasteiger charge is 2.31. The second-order valence-corrected chi connectivity index (χ2v) is 20.7. The summed E-state index contributed by atoms with van der Waals surface area (Å²) in [5.74, 6) is 1.89. The standard InChI is InChI=1S/C68H54N4O/c1-67(2,3)47-36-37-69-63(40-47)72-60-33-16-15-28-54(60)55-35-34-50(42-61(55)72)73-49-25-17-24-48(41-49)70-43-71-65-57(31-19-32-59(65)68(4,5)6)64-51(45-22-11-8-12-23-45)29-18-30-56(64)52-26-13-14-27-53(52)58-38-46(39-62(70)66(58)71)44-20-9-7-10-21-44/h7-42H,1-6H3/i7D,8D,9D,10D,11D,12D,20D,21D,22D,23D. The zero-order valence-electron chi connectivity index (χ0n) is 51.2. The van der Waals surface area contributed by atoms with Crippen molar-refractivity contribution in [2.75, 3.05) is 0 Å². The molecule has 3 aromatic heterocycles. The molecule has 73 heavy (non-hydrogen) atoms. The van der Waals surface area contributed by atoms with Crippen LogP contribution in [0.25, 0.3) is 106 Å². The van der Waals surface area contributed by atoms with Gasteiger partial charge in [0.05, 0.1) is 47.1 Å². The molecule has 5 nitrogen and oxygen atoms in total. The first-order chi connectivity index (χ1) is 39.6. The summed E-state index contributed by atoms with van der Waals surface area (Å²) in [6.45, 7) is 12.9. The van der Waals surface area contributed by atoms with Crippen molar-refractivity contribution >= 4 is 32.8 Å². The summed E-state index contributed by atoms with van der Waals surface area (Å²) in [7, 11) is 0. The molecule has 0 N–H and O–H groups in total. The fourth-order valence-corrected chi connectivity index (χ4v) is 10.6. The molecule has 1 aliphatic heterocycles. The van der Waals surface area contributed by atoms with Crippen molar-refractivity contribution in [2.45, 2.75) is 52.4 Å². The second kappa shape index (κ2) is 16.9. The van der Waals surface area contributed by atoms with Crippen LogP contribution < -0.4 is 9.30 Å². The fraction of sp³-hybridized carbons (Fsp3) is 0.118. The fourth-order valence-electron chi connectivity index (χ4n) is 10.6. The largest absolute Gasteiger partial charge is 0.458 e. The molecule has 4 heterocycles. The summed E-state index contributed by atoms with van der Waals surface area (Å²) >= 11 is 0. The van der Waals surface area contributed by atoms with Crippen LogP contribution in [-0.4, -0.2) is 14.1 Å². The van der Waals surface area contributed by atoms with Crippen LogP contribution in [0, 0.1) is 6.33 Å². The number of hydrogen-bond donors (Lipinski definition) is 0. The van der Waals surface area contributed by atoms with Crippen LogP contribution in [0.1, 0.15) is 66.4 Å². The number of aromatic nitrogens is 4. The SMILES string of the molecule is [2H]c1c([2H])c([2H])c(-c2cc3c4c(c2)n(-c2cccc(Oc5ccc6c7ccccc7n(-c7cc(C(C)(C)C)ccn7)c6c5)c2)[c-][n+]4-c2c(cccc2C(C)(C)C)-c2c(cccc2-c2c([2H])c([2H])c([2H])c([2H])c2[2H])-c2ccccc2-3)c([2H])c1[2H]. The van der Waals surface area contributed by atoms with Gasteiger partial charge in [-0.3, -0.25) is 13.7 Å². The summed E-state index contributed by atoms with van der Waals surface area (Å²) in [6.07, 6.45) is 5.66. The van der Waals surface area contributed by atoms with Gasteiger partial charge in [-0.2, -0.15) is 0 Å². The maximum absolute atomic E-state index is 9.33. The number of hydrogen-bond acceptors (Lipinski definition) is 2. The van der Waals surface area contributed by atoms with Gasteiger partial charge in [0.2, 0.25) is 0 Å². The first-order valence-corrected chi connectivity index (χ1v) is 24.5. The van der Waals surface area contributed by atoms with Gasteiger partial charge in [0, 0.05) is 23.0 Å². The minimum Gasteiger partial charge on any atom is -0.458 e. The third-order valence-corrected chi connectivity index (χ3v) is 14.0. The van der Waals surface area contributed by atoms with Crippen LogP contribution in [0.15, 0.2) is 218 Å². The van der Waals surface area contributed by atoms with Crippen LogP contribution >= 0.6 is 0 Å². The highest BCUT2D eigenvalue weighted by Crippen LogP contribution is 2.49. The predicted molar refractivity (Wildman–Crippen MR) is 300 cm³/mol. The topological polar surface area (TPSA) is 35.9 Å². The van der Waals surface area contributed by atoms with E-state index in [4.69, 9.17) is 17.9 Å². The molecule has 0 radical (unpaired) electrons. The minimum absolute atomic E-state index is 0.0238. The van der Waals surface area contributed by atoms with Crippen molar-refractivity contribution in [3.05, 3.63) is 236 Å². The monoisotopic (exact) mass is 952 g/mol. The number of nitrogens with zero attached hydrogens (tertiary/aromatic N) is 4. The van der Waals surface area contributed by atoms with E-state index in [1.54, 1.807) is 0 Å². The molecule has 0 amide bonds. The van der Waals surface area contributed by atoms with Crippen molar-refractivity contribution in [1.29, 1.82) is 0 Å². The zero-order valence-corrected chi connectivity index (χ0v) is 41.2. The molecule has 5 heteroatoms. The number of para-hydroxylation sites is 2. The molecule has 12 aromatic rings. The Morgan fingerprint density at radius 2 is 1.16 bits per heavy atom. The van der Waals surface area contributed by atoms with E-state index >= 15 is 0 Å². The van der Waals surface area contributed by atoms with Gasteiger partial charge < -0.3 is 4.74 Å². The van der Waals surface area contributed by atoms with Gasteiger partial charge in [-0.25, -0.2) is 4.98 Å². The predicted octanol–water partition coefficient (Wildman–Crippen LogP) is 17.2. The molecule has 0 fully saturated rings. The lowest BCUT2D eigenvalue weighted by Crippen LogP contribution is -2.35. The maximum atomic E-state index is 9.33. The zero-order chi connectivity index (χ0) is 58.3. The Balaban J connectivity index is 1.10. The average molecular weight is 953 g/mol. The lowest BCUT2D eigenvalue weighted by Gasteiger charge is -2.27. The van der Waals surface area contributed by atoms with Gasteiger partial charge in [-0.15, -0.1) is 0 Å². The van der Waals surface area contributed by atoms with Crippen molar-refractivity contribution in [2.24, 2.45) is 0 Å². The van der Waals surface area contributed by atoms with Crippen molar-refractivity contribution in [3.8, 4) is 84.3 Å². The highest BCUT2D eigenvalue weighted by molar-refractivity contribution is 6.10. The first kappa shape index (κ1) is 34.5. The molecule has 1 aliphatic rings. The van der Waals surface area contributed by atoms with E-state index in [2.05, 4.69) is 88.8 Å². The number of fused-ring (bicyclic) bond motifs is 10. The van der Waals surface area contributed by atoms with Crippen LogP contribution in [0.4, 0.5) is 0 Å². The number of pyridine rings is 1. The van der Waals surface area contributed by atoms with E-state index in [1.165, 1.54) is 0 Å².